The van der Waals surface area contributed by atoms with E-state index in [9.17, 15) is 8.42 Å². The fourth-order valence-electron chi connectivity index (χ4n) is 4.04. The van der Waals surface area contributed by atoms with Crippen LogP contribution < -0.4 is 0 Å². The highest BCUT2D eigenvalue weighted by Crippen LogP contribution is 2.70. The molecule has 0 radical (unpaired) electrons. The molecule has 1 fully saturated rings. The molecule has 2 aromatic rings. The van der Waals surface area contributed by atoms with Crippen LogP contribution in [-0.2, 0) is 16.4 Å². The molecular formula is C17H20N2O2S. The number of imidazole rings is 1. The molecule has 0 amide bonds. The van der Waals surface area contributed by atoms with Crippen molar-refractivity contribution in [2.75, 3.05) is 0 Å². The van der Waals surface area contributed by atoms with Gasteiger partial charge in [-0.1, -0.05) is 31.5 Å². The predicted octanol–water partition coefficient (Wildman–Crippen LogP) is 3.03. The molecule has 2 unspecified atom stereocenters. The van der Waals surface area contributed by atoms with E-state index in [0.29, 0.717) is 22.6 Å². The highest BCUT2D eigenvalue weighted by molar-refractivity contribution is 7.90. The first kappa shape index (κ1) is 14.0. The molecule has 2 aliphatic carbocycles. The smallest absolute Gasteiger partial charge is 0.237 e. The third kappa shape index (κ3) is 1.63. The summed E-state index contributed by atoms with van der Waals surface area (Å²) in [5, 5.41) is 0. The number of rotatable bonds is 2. The summed E-state index contributed by atoms with van der Waals surface area (Å²) in [4.78, 5) is 4.87. The van der Waals surface area contributed by atoms with Gasteiger partial charge in [-0.3, -0.25) is 0 Å². The van der Waals surface area contributed by atoms with Crippen molar-refractivity contribution in [3.63, 3.8) is 0 Å². The Hall–Kier alpha value is -1.62. The summed E-state index contributed by atoms with van der Waals surface area (Å²) in [6.07, 6.45) is 0.907. The van der Waals surface area contributed by atoms with Gasteiger partial charge in [-0.15, -0.1) is 0 Å². The Bertz CT molecular complexity index is 876. The second kappa shape index (κ2) is 4.02. The van der Waals surface area contributed by atoms with Crippen molar-refractivity contribution >= 4 is 10.0 Å². The lowest BCUT2D eigenvalue weighted by molar-refractivity contribution is 0.534. The lowest BCUT2D eigenvalue weighted by Crippen LogP contribution is -2.18. The van der Waals surface area contributed by atoms with E-state index >= 15 is 0 Å². The Labute approximate surface area is 131 Å². The molecule has 5 heteroatoms. The third-order valence-corrected chi connectivity index (χ3v) is 7.23. The van der Waals surface area contributed by atoms with Crippen LogP contribution in [0.4, 0.5) is 0 Å². The Balaban J connectivity index is 1.89. The maximum absolute atomic E-state index is 13.1. The van der Waals surface area contributed by atoms with Crippen LogP contribution in [0.3, 0.4) is 0 Å². The summed E-state index contributed by atoms with van der Waals surface area (Å²) >= 11 is 0. The van der Waals surface area contributed by atoms with E-state index in [-0.39, 0.29) is 5.41 Å². The summed E-state index contributed by atoms with van der Waals surface area (Å²) in [6.45, 7) is 8.18. The first-order valence-electron chi connectivity index (χ1n) is 7.65. The van der Waals surface area contributed by atoms with Gasteiger partial charge in [-0.25, -0.2) is 17.4 Å². The molecule has 2 atom stereocenters. The third-order valence-electron chi connectivity index (χ3n) is 5.42. The van der Waals surface area contributed by atoms with Crippen molar-refractivity contribution in [1.29, 1.82) is 0 Å². The van der Waals surface area contributed by atoms with Gasteiger partial charge in [0.1, 0.15) is 5.82 Å². The van der Waals surface area contributed by atoms with Crippen molar-refractivity contribution in [3.8, 4) is 0 Å². The second-order valence-corrected chi connectivity index (χ2v) is 8.97. The van der Waals surface area contributed by atoms with Crippen LogP contribution in [0, 0.1) is 25.2 Å². The summed E-state index contributed by atoms with van der Waals surface area (Å²) in [5.41, 5.74) is 3.14. The average molecular weight is 316 g/mol. The number of hydrogen-bond donors (Lipinski definition) is 0. The topological polar surface area (TPSA) is 52.0 Å². The zero-order chi connectivity index (χ0) is 15.9. The molecule has 0 N–H and O–H groups in total. The number of benzene rings is 1. The summed E-state index contributed by atoms with van der Waals surface area (Å²) in [6, 6.07) is 7.04. The normalized spacial score (nSPS) is 24.9. The van der Waals surface area contributed by atoms with Crippen LogP contribution >= 0.6 is 0 Å². The van der Waals surface area contributed by atoms with E-state index < -0.39 is 10.0 Å². The van der Waals surface area contributed by atoms with Gasteiger partial charge in [-0.2, -0.15) is 0 Å². The largest absolute Gasteiger partial charge is 0.269 e. The standard InChI is InChI=1S/C17H20N2O2S/c1-10-5-7-12(8-6-10)22(20,21)19-11(2)18-14-9-13-15(16(14)19)17(13,3)4/h5-8,13,15H,9H2,1-4H3. The van der Waals surface area contributed by atoms with Gasteiger partial charge in [0.25, 0.3) is 10.0 Å². The van der Waals surface area contributed by atoms with Gasteiger partial charge in [-0.05, 0) is 43.7 Å². The lowest BCUT2D eigenvalue weighted by atomic mass is 10.0. The SMILES string of the molecule is Cc1ccc(S(=O)(=O)n2c(C)nc3c2C2C(C3)C2(C)C)cc1. The van der Waals surface area contributed by atoms with E-state index in [1.54, 1.807) is 19.1 Å². The van der Waals surface area contributed by atoms with E-state index in [2.05, 4.69) is 18.8 Å². The molecule has 116 valence electrons. The molecule has 1 aromatic carbocycles. The van der Waals surface area contributed by atoms with E-state index in [1.165, 1.54) is 3.97 Å². The van der Waals surface area contributed by atoms with E-state index in [1.807, 2.05) is 19.1 Å². The van der Waals surface area contributed by atoms with Crippen molar-refractivity contribution in [2.45, 2.75) is 44.9 Å². The zero-order valence-electron chi connectivity index (χ0n) is 13.3. The molecule has 1 aromatic heterocycles. The maximum atomic E-state index is 13.1. The quantitative estimate of drug-likeness (QED) is 0.856. The van der Waals surface area contributed by atoms with Gasteiger partial charge in [0.15, 0.2) is 0 Å². The molecule has 4 nitrogen and oxygen atoms in total. The molecule has 2 aliphatic rings. The minimum atomic E-state index is -3.57. The maximum Gasteiger partial charge on any atom is 0.269 e. The first-order valence-corrected chi connectivity index (χ1v) is 9.09. The summed E-state index contributed by atoms with van der Waals surface area (Å²) in [7, 11) is -3.57. The molecule has 0 aliphatic heterocycles. The fourth-order valence-corrected chi connectivity index (χ4v) is 5.60. The van der Waals surface area contributed by atoms with Crippen LogP contribution in [-0.4, -0.2) is 17.4 Å². The highest BCUT2D eigenvalue weighted by atomic mass is 32.2. The predicted molar refractivity (Wildman–Crippen MR) is 84.4 cm³/mol. The Morgan fingerprint density at radius 3 is 2.45 bits per heavy atom. The number of fused-ring (bicyclic) bond motifs is 3. The van der Waals surface area contributed by atoms with E-state index in [4.69, 9.17) is 0 Å². The molecule has 22 heavy (non-hydrogen) atoms. The monoisotopic (exact) mass is 316 g/mol. The van der Waals surface area contributed by atoms with Gasteiger partial charge in [0.2, 0.25) is 0 Å². The van der Waals surface area contributed by atoms with E-state index in [0.717, 1.165) is 23.4 Å². The molecule has 0 saturated heterocycles. The van der Waals surface area contributed by atoms with Gasteiger partial charge < -0.3 is 0 Å². The number of hydrogen-bond acceptors (Lipinski definition) is 3. The van der Waals surface area contributed by atoms with Crippen molar-refractivity contribution in [3.05, 3.63) is 47.0 Å². The minimum Gasteiger partial charge on any atom is -0.237 e. The van der Waals surface area contributed by atoms with Crippen LogP contribution in [0.1, 0.15) is 42.5 Å². The van der Waals surface area contributed by atoms with Crippen LogP contribution in [0.5, 0.6) is 0 Å². The Kier molecular flexibility index (Phi) is 2.56. The Morgan fingerprint density at radius 2 is 1.82 bits per heavy atom. The summed E-state index contributed by atoms with van der Waals surface area (Å²) in [5.74, 6) is 1.45. The van der Waals surface area contributed by atoms with Crippen molar-refractivity contribution in [1.82, 2.24) is 8.96 Å². The molecule has 4 rings (SSSR count). The zero-order valence-corrected chi connectivity index (χ0v) is 14.1. The van der Waals surface area contributed by atoms with Crippen LogP contribution in [0.15, 0.2) is 29.2 Å². The van der Waals surface area contributed by atoms with Crippen molar-refractivity contribution < 1.29 is 8.42 Å². The number of nitrogens with zero attached hydrogens (tertiary/aromatic N) is 2. The highest BCUT2D eigenvalue weighted by Gasteiger charge is 2.64. The van der Waals surface area contributed by atoms with Crippen LogP contribution in [0.2, 0.25) is 0 Å². The van der Waals surface area contributed by atoms with Crippen molar-refractivity contribution in [2.24, 2.45) is 11.3 Å². The minimum absolute atomic E-state index is 0.194. The molecule has 1 heterocycles. The van der Waals surface area contributed by atoms with Gasteiger partial charge in [0.05, 0.1) is 16.3 Å². The first-order chi connectivity index (χ1) is 10.2. The lowest BCUT2D eigenvalue weighted by Gasteiger charge is -2.13. The second-order valence-electron chi connectivity index (χ2n) is 7.18. The number of aryl methyl sites for hydroxylation is 2. The molecule has 0 bridgehead atoms. The molecule has 0 spiro atoms. The van der Waals surface area contributed by atoms with Gasteiger partial charge in [0, 0.05) is 5.92 Å². The fraction of sp³-hybridized carbons (Fsp3) is 0.471. The van der Waals surface area contributed by atoms with Crippen LogP contribution in [0.25, 0.3) is 0 Å². The average Bonchev–Trinajstić information content (AvgIpc) is 2.75. The summed E-state index contributed by atoms with van der Waals surface area (Å²) < 4.78 is 27.7. The number of aromatic nitrogens is 2. The Morgan fingerprint density at radius 1 is 1.18 bits per heavy atom. The van der Waals surface area contributed by atoms with Gasteiger partial charge >= 0.3 is 0 Å². The molecular weight excluding hydrogens is 296 g/mol. The molecule has 1 saturated carbocycles.